The van der Waals surface area contributed by atoms with E-state index in [0.29, 0.717) is 28.4 Å². The van der Waals surface area contributed by atoms with E-state index in [9.17, 15) is 9.18 Å². The first-order valence-electron chi connectivity index (χ1n) is 12.5. The van der Waals surface area contributed by atoms with Crippen LogP contribution in [0.25, 0.3) is 45.2 Å². The highest BCUT2D eigenvalue weighted by Crippen LogP contribution is 2.32. The molecule has 1 N–H and O–H groups in total. The highest BCUT2D eigenvalue weighted by molar-refractivity contribution is 6.04. The lowest BCUT2D eigenvalue weighted by Gasteiger charge is -2.05. The summed E-state index contributed by atoms with van der Waals surface area (Å²) in [6, 6.07) is 24.8. The number of benzene rings is 2. The minimum atomic E-state index is -0.315. The summed E-state index contributed by atoms with van der Waals surface area (Å²) in [5.41, 5.74) is 6.28. The summed E-state index contributed by atoms with van der Waals surface area (Å²) >= 11 is 0. The van der Waals surface area contributed by atoms with Gasteiger partial charge in [-0.25, -0.2) is 18.9 Å². The number of rotatable bonds is 5. The third-order valence-corrected chi connectivity index (χ3v) is 6.59. The Morgan fingerprint density at radius 3 is 2.50 bits per heavy atom. The quantitative estimate of drug-likeness (QED) is 0.318. The SMILES string of the molecule is Cn1ccc(-c2cccc(C(=O)Nc3cn4nc(-c5c(-c6ccc(F)cc6)nc6ccccn56)ccc4n3)c2)n1. The summed E-state index contributed by atoms with van der Waals surface area (Å²) in [6.45, 7) is 0. The van der Waals surface area contributed by atoms with Crippen LogP contribution in [-0.2, 0) is 7.05 Å². The third kappa shape index (κ3) is 4.17. The monoisotopic (exact) mass is 528 g/mol. The maximum Gasteiger partial charge on any atom is 0.256 e. The number of amides is 1. The number of aromatic nitrogens is 7. The van der Waals surface area contributed by atoms with Gasteiger partial charge >= 0.3 is 0 Å². The Labute approximate surface area is 227 Å². The summed E-state index contributed by atoms with van der Waals surface area (Å²) in [5, 5.41) is 12.1. The highest BCUT2D eigenvalue weighted by atomic mass is 19.1. The highest BCUT2D eigenvalue weighted by Gasteiger charge is 2.18. The van der Waals surface area contributed by atoms with Gasteiger partial charge in [-0.2, -0.15) is 10.2 Å². The standard InChI is InChI=1S/C30H21FN8O/c1-37-16-14-23(35-37)20-5-4-6-21(17-20)30(40)33-25-18-39-27(32-25)13-12-24(36-39)29-28(19-8-10-22(31)11-9-19)34-26-7-2-3-15-38(26)29/h2-18H,1H3,(H,33,40). The van der Waals surface area contributed by atoms with Crippen LogP contribution in [0.2, 0.25) is 0 Å². The molecular weight excluding hydrogens is 507 g/mol. The van der Waals surface area contributed by atoms with Gasteiger partial charge in [-0.3, -0.25) is 13.9 Å². The average molecular weight is 529 g/mol. The van der Waals surface area contributed by atoms with E-state index >= 15 is 0 Å². The zero-order chi connectivity index (χ0) is 27.2. The van der Waals surface area contributed by atoms with E-state index in [4.69, 9.17) is 10.1 Å². The number of carbonyl (C=O) groups is 1. The van der Waals surface area contributed by atoms with E-state index in [1.54, 1.807) is 39.7 Å². The van der Waals surface area contributed by atoms with Crippen molar-refractivity contribution >= 4 is 23.0 Å². The van der Waals surface area contributed by atoms with Crippen molar-refractivity contribution in [2.24, 2.45) is 7.05 Å². The average Bonchev–Trinajstić information content (AvgIpc) is 3.69. The van der Waals surface area contributed by atoms with Crippen LogP contribution in [0.15, 0.2) is 104 Å². The molecule has 0 fully saturated rings. The molecule has 7 rings (SSSR count). The van der Waals surface area contributed by atoms with Crippen molar-refractivity contribution in [3.05, 3.63) is 115 Å². The molecule has 0 aliphatic carbocycles. The Morgan fingerprint density at radius 2 is 1.68 bits per heavy atom. The molecule has 0 saturated heterocycles. The number of imidazole rings is 2. The summed E-state index contributed by atoms with van der Waals surface area (Å²) in [6.07, 6.45) is 5.44. The van der Waals surface area contributed by atoms with Crippen LogP contribution in [0.5, 0.6) is 0 Å². The predicted molar refractivity (Wildman–Crippen MR) is 149 cm³/mol. The zero-order valence-corrected chi connectivity index (χ0v) is 21.2. The van der Waals surface area contributed by atoms with Crippen LogP contribution < -0.4 is 5.32 Å². The van der Waals surface area contributed by atoms with Crippen LogP contribution in [0.1, 0.15) is 10.4 Å². The molecule has 0 saturated carbocycles. The molecular formula is C30H21FN8O. The first kappa shape index (κ1) is 23.5. The van der Waals surface area contributed by atoms with Crippen molar-refractivity contribution in [1.29, 1.82) is 0 Å². The number of hydrogen-bond acceptors (Lipinski definition) is 5. The topological polar surface area (TPSA) is 94.4 Å². The second-order valence-electron chi connectivity index (χ2n) is 9.30. The van der Waals surface area contributed by atoms with E-state index in [2.05, 4.69) is 15.4 Å². The molecule has 0 aliphatic heterocycles. The smallest absolute Gasteiger partial charge is 0.256 e. The Hall–Kier alpha value is -5.64. The lowest BCUT2D eigenvalue weighted by atomic mass is 10.1. The second-order valence-corrected chi connectivity index (χ2v) is 9.30. The maximum atomic E-state index is 13.6. The Balaban J connectivity index is 1.23. The van der Waals surface area contributed by atoms with Crippen molar-refractivity contribution in [3.63, 3.8) is 0 Å². The number of nitrogens with zero attached hydrogens (tertiary/aromatic N) is 7. The predicted octanol–water partition coefficient (Wildman–Crippen LogP) is 5.50. The van der Waals surface area contributed by atoms with Crippen molar-refractivity contribution in [2.45, 2.75) is 0 Å². The van der Waals surface area contributed by atoms with E-state index in [1.807, 2.05) is 72.4 Å². The van der Waals surface area contributed by atoms with Gasteiger partial charge in [0.1, 0.15) is 22.9 Å². The Bertz CT molecular complexity index is 2040. The molecule has 5 heterocycles. The largest absolute Gasteiger partial charge is 0.305 e. The van der Waals surface area contributed by atoms with Crippen molar-refractivity contribution < 1.29 is 9.18 Å². The number of anilines is 1. The van der Waals surface area contributed by atoms with E-state index in [-0.39, 0.29) is 11.7 Å². The van der Waals surface area contributed by atoms with Gasteiger partial charge in [-0.15, -0.1) is 0 Å². The summed E-state index contributed by atoms with van der Waals surface area (Å²) in [5.74, 6) is -0.235. The first-order chi connectivity index (χ1) is 19.5. The molecule has 40 heavy (non-hydrogen) atoms. The van der Waals surface area contributed by atoms with E-state index in [0.717, 1.165) is 28.2 Å². The van der Waals surface area contributed by atoms with Crippen LogP contribution in [0.3, 0.4) is 0 Å². The van der Waals surface area contributed by atoms with Gasteiger partial charge in [-0.1, -0.05) is 18.2 Å². The maximum absolute atomic E-state index is 13.6. The molecule has 0 spiro atoms. The van der Waals surface area contributed by atoms with Crippen LogP contribution >= 0.6 is 0 Å². The summed E-state index contributed by atoms with van der Waals surface area (Å²) < 4.78 is 18.9. The van der Waals surface area contributed by atoms with Crippen LogP contribution in [0.4, 0.5) is 10.2 Å². The van der Waals surface area contributed by atoms with Crippen LogP contribution in [0, 0.1) is 5.82 Å². The number of halogens is 1. The normalized spacial score (nSPS) is 11.3. The van der Waals surface area contributed by atoms with Crippen molar-refractivity contribution in [2.75, 3.05) is 5.32 Å². The minimum absolute atomic E-state index is 0.290. The molecule has 0 radical (unpaired) electrons. The minimum Gasteiger partial charge on any atom is -0.305 e. The molecule has 7 aromatic rings. The van der Waals surface area contributed by atoms with E-state index in [1.165, 1.54) is 12.1 Å². The molecule has 10 heteroatoms. The third-order valence-electron chi connectivity index (χ3n) is 6.59. The molecule has 2 aromatic carbocycles. The summed E-state index contributed by atoms with van der Waals surface area (Å²) in [4.78, 5) is 22.4. The lowest BCUT2D eigenvalue weighted by Crippen LogP contribution is -2.12. The number of nitrogens with one attached hydrogen (secondary N) is 1. The summed E-state index contributed by atoms with van der Waals surface area (Å²) in [7, 11) is 1.85. The fourth-order valence-corrected chi connectivity index (χ4v) is 4.70. The van der Waals surface area contributed by atoms with Crippen molar-refractivity contribution in [3.8, 4) is 33.9 Å². The molecule has 0 unspecified atom stereocenters. The fourth-order valence-electron chi connectivity index (χ4n) is 4.70. The molecule has 0 aliphatic rings. The first-order valence-corrected chi connectivity index (χ1v) is 12.5. The van der Waals surface area contributed by atoms with Gasteiger partial charge in [0.25, 0.3) is 5.91 Å². The number of carbonyl (C=O) groups excluding carboxylic acids is 1. The molecule has 1 amide bonds. The number of fused-ring (bicyclic) bond motifs is 2. The lowest BCUT2D eigenvalue weighted by molar-refractivity contribution is 0.102. The Kier molecular flexibility index (Phi) is 5.45. The van der Waals surface area contributed by atoms with Gasteiger partial charge in [0.2, 0.25) is 0 Å². The van der Waals surface area contributed by atoms with Gasteiger partial charge in [0.15, 0.2) is 11.5 Å². The fraction of sp³-hybridized carbons (Fsp3) is 0.0333. The number of hydrogen-bond donors (Lipinski definition) is 1. The molecule has 5 aromatic heterocycles. The molecule has 0 atom stereocenters. The van der Waals surface area contributed by atoms with Gasteiger partial charge in [-0.05, 0) is 66.7 Å². The van der Waals surface area contributed by atoms with Crippen LogP contribution in [-0.4, -0.2) is 39.7 Å². The number of aryl methyl sites for hydroxylation is 1. The Morgan fingerprint density at radius 1 is 0.800 bits per heavy atom. The number of pyridine rings is 1. The van der Waals surface area contributed by atoms with Gasteiger partial charge in [0, 0.05) is 36.1 Å². The van der Waals surface area contributed by atoms with Crippen molar-refractivity contribution in [1.82, 2.24) is 33.8 Å². The molecule has 0 bridgehead atoms. The molecule has 9 nitrogen and oxygen atoms in total. The van der Waals surface area contributed by atoms with Gasteiger partial charge < -0.3 is 5.32 Å². The molecule has 194 valence electrons. The van der Waals surface area contributed by atoms with Gasteiger partial charge in [0.05, 0.1) is 17.6 Å². The van der Waals surface area contributed by atoms with E-state index < -0.39 is 0 Å². The zero-order valence-electron chi connectivity index (χ0n) is 21.2. The second kappa shape index (κ2) is 9.28.